The third kappa shape index (κ3) is 3.81. The van der Waals surface area contributed by atoms with Gasteiger partial charge in [0.05, 0.1) is 0 Å². The number of rotatable bonds is 3. The van der Waals surface area contributed by atoms with Gasteiger partial charge in [0, 0.05) is 6.61 Å². The van der Waals surface area contributed by atoms with Crippen molar-refractivity contribution in [3.8, 4) is 0 Å². The average molecular weight is 154 g/mol. The molecule has 1 aliphatic heterocycles. The van der Waals surface area contributed by atoms with E-state index in [-0.39, 0.29) is 0 Å². The van der Waals surface area contributed by atoms with E-state index in [0.29, 0.717) is 12.8 Å². The lowest BCUT2D eigenvalue weighted by Crippen LogP contribution is -2.22. The zero-order valence-corrected chi connectivity index (χ0v) is 7.81. The van der Waals surface area contributed by atoms with E-state index < -0.39 is 0 Å². The zero-order chi connectivity index (χ0) is 8.10. The molecule has 0 radical (unpaired) electrons. The van der Waals surface area contributed by atoms with E-state index in [1.807, 2.05) is 0 Å². The molecular formula is C9H19BO. The molecule has 1 aliphatic rings. The van der Waals surface area contributed by atoms with Gasteiger partial charge in [-0.1, -0.05) is 33.1 Å². The topological polar surface area (TPSA) is 9.23 Å². The van der Waals surface area contributed by atoms with Gasteiger partial charge in [0.25, 0.3) is 6.92 Å². The molecule has 1 fully saturated rings. The summed E-state index contributed by atoms with van der Waals surface area (Å²) in [6, 6.07) is 0. The van der Waals surface area contributed by atoms with Crippen molar-refractivity contribution in [2.75, 3.05) is 6.61 Å². The van der Waals surface area contributed by atoms with Crippen molar-refractivity contribution >= 4 is 6.92 Å². The van der Waals surface area contributed by atoms with Crippen molar-refractivity contribution in [3.63, 3.8) is 0 Å². The molecule has 1 heterocycles. The second-order valence-electron chi connectivity index (χ2n) is 3.99. The molecule has 0 atom stereocenters. The molecular weight excluding hydrogens is 135 g/mol. The number of hydrogen-bond acceptors (Lipinski definition) is 1. The third-order valence-electron chi connectivity index (χ3n) is 2.22. The van der Waals surface area contributed by atoms with Gasteiger partial charge in [-0.15, -0.1) is 0 Å². The second kappa shape index (κ2) is 4.81. The predicted molar refractivity (Wildman–Crippen MR) is 50.0 cm³/mol. The quantitative estimate of drug-likeness (QED) is 0.568. The first-order valence-corrected chi connectivity index (χ1v) is 4.90. The fourth-order valence-electron chi connectivity index (χ4n) is 1.56. The van der Waals surface area contributed by atoms with Crippen molar-refractivity contribution in [1.29, 1.82) is 0 Å². The van der Waals surface area contributed by atoms with Crippen LogP contribution in [0.5, 0.6) is 0 Å². The maximum Gasteiger partial charge on any atom is 0.293 e. The largest absolute Gasteiger partial charge is 0.436 e. The lowest BCUT2D eigenvalue weighted by molar-refractivity contribution is 0.266. The van der Waals surface area contributed by atoms with Crippen molar-refractivity contribution in [3.05, 3.63) is 0 Å². The molecule has 0 spiro atoms. The number of hydrogen-bond donors (Lipinski definition) is 0. The van der Waals surface area contributed by atoms with Crippen LogP contribution in [0.25, 0.3) is 0 Å². The average Bonchev–Trinajstić information content (AvgIpc) is 2.03. The Hall–Kier alpha value is 0.0249. The molecule has 64 valence electrons. The van der Waals surface area contributed by atoms with Gasteiger partial charge in [-0.2, -0.15) is 0 Å². The molecule has 0 N–H and O–H groups in total. The summed E-state index contributed by atoms with van der Waals surface area (Å²) in [7, 11) is 0. The molecule has 1 rings (SSSR count). The lowest BCUT2D eigenvalue weighted by Gasteiger charge is -2.19. The molecule has 0 aromatic carbocycles. The molecule has 1 saturated heterocycles. The standard InChI is InChI=1S/C9H19BO/c1-9(2)8-11-10-6-4-3-5-7-10/h9H,3-8H2,1-2H3. The van der Waals surface area contributed by atoms with Crippen LogP contribution in [0.1, 0.15) is 33.1 Å². The highest BCUT2D eigenvalue weighted by atomic mass is 16.4. The molecule has 0 unspecified atom stereocenters. The molecule has 2 heteroatoms. The van der Waals surface area contributed by atoms with Crippen LogP contribution in [-0.2, 0) is 4.65 Å². The monoisotopic (exact) mass is 154 g/mol. The van der Waals surface area contributed by atoms with Gasteiger partial charge in [0.15, 0.2) is 0 Å². The Kier molecular flexibility index (Phi) is 3.99. The van der Waals surface area contributed by atoms with Crippen LogP contribution < -0.4 is 0 Å². The molecule has 0 bridgehead atoms. The summed E-state index contributed by atoms with van der Waals surface area (Å²) < 4.78 is 5.74. The van der Waals surface area contributed by atoms with Gasteiger partial charge < -0.3 is 4.65 Å². The van der Waals surface area contributed by atoms with E-state index in [1.54, 1.807) is 0 Å². The van der Waals surface area contributed by atoms with Gasteiger partial charge in [0.1, 0.15) is 0 Å². The molecule has 0 aliphatic carbocycles. The Labute approximate surface area is 70.6 Å². The van der Waals surface area contributed by atoms with E-state index in [2.05, 4.69) is 13.8 Å². The van der Waals surface area contributed by atoms with E-state index in [1.165, 1.54) is 31.9 Å². The Morgan fingerprint density at radius 1 is 1.18 bits per heavy atom. The van der Waals surface area contributed by atoms with Gasteiger partial charge in [0.2, 0.25) is 0 Å². The fraction of sp³-hybridized carbons (Fsp3) is 1.00. The summed E-state index contributed by atoms with van der Waals surface area (Å²) in [5.41, 5.74) is 0. The minimum Gasteiger partial charge on any atom is -0.436 e. The van der Waals surface area contributed by atoms with Crippen LogP contribution in [0.3, 0.4) is 0 Å². The lowest BCUT2D eigenvalue weighted by atomic mass is 9.56. The summed E-state index contributed by atoms with van der Waals surface area (Å²) in [6.07, 6.45) is 6.77. The highest BCUT2D eigenvalue weighted by molar-refractivity contribution is 6.52. The predicted octanol–water partition coefficient (Wildman–Crippen LogP) is 2.83. The molecule has 0 saturated carbocycles. The summed E-state index contributed by atoms with van der Waals surface area (Å²) in [4.78, 5) is 0. The van der Waals surface area contributed by atoms with Crippen LogP contribution >= 0.6 is 0 Å². The maximum atomic E-state index is 5.74. The van der Waals surface area contributed by atoms with Crippen molar-refractivity contribution in [1.82, 2.24) is 0 Å². The zero-order valence-electron chi connectivity index (χ0n) is 7.81. The molecule has 0 aromatic rings. The second-order valence-corrected chi connectivity index (χ2v) is 3.99. The van der Waals surface area contributed by atoms with Crippen LogP contribution in [0, 0.1) is 5.92 Å². The molecule has 0 amide bonds. The van der Waals surface area contributed by atoms with Crippen LogP contribution in [0.4, 0.5) is 0 Å². The summed E-state index contributed by atoms with van der Waals surface area (Å²) in [6.45, 7) is 5.96. The van der Waals surface area contributed by atoms with Crippen LogP contribution in [-0.4, -0.2) is 13.5 Å². The summed E-state index contributed by atoms with van der Waals surface area (Å²) in [5.74, 6) is 0.692. The Bertz CT molecular complexity index is 97.7. The molecule has 0 aromatic heterocycles. The Balaban J connectivity index is 2.05. The van der Waals surface area contributed by atoms with Crippen molar-refractivity contribution in [2.24, 2.45) is 5.92 Å². The first kappa shape index (κ1) is 9.12. The smallest absolute Gasteiger partial charge is 0.293 e. The van der Waals surface area contributed by atoms with Crippen LogP contribution in [0.15, 0.2) is 0 Å². The van der Waals surface area contributed by atoms with Crippen molar-refractivity contribution < 1.29 is 4.65 Å². The molecule has 1 nitrogen and oxygen atoms in total. The normalized spacial score (nSPS) is 19.4. The highest BCUT2D eigenvalue weighted by Crippen LogP contribution is 2.19. The first-order chi connectivity index (χ1) is 5.29. The summed E-state index contributed by atoms with van der Waals surface area (Å²) in [5, 5.41) is 0. The molecule has 11 heavy (non-hydrogen) atoms. The fourth-order valence-corrected chi connectivity index (χ4v) is 1.56. The van der Waals surface area contributed by atoms with Gasteiger partial charge in [-0.25, -0.2) is 0 Å². The van der Waals surface area contributed by atoms with Gasteiger partial charge >= 0.3 is 0 Å². The Morgan fingerprint density at radius 2 is 1.82 bits per heavy atom. The van der Waals surface area contributed by atoms with E-state index in [0.717, 1.165) is 6.61 Å². The maximum absolute atomic E-state index is 5.74. The third-order valence-corrected chi connectivity index (χ3v) is 2.22. The minimum atomic E-state index is 0.589. The van der Waals surface area contributed by atoms with Gasteiger partial charge in [-0.3, -0.25) is 0 Å². The Morgan fingerprint density at radius 3 is 2.36 bits per heavy atom. The summed E-state index contributed by atoms with van der Waals surface area (Å²) >= 11 is 0. The van der Waals surface area contributed by atoms with E-state index in [9.17, 15) is 0 Å². The van der Waals surface area contributed by atoms with Gasteiger partial charge in [-0.05, 0) is 18.6 Å². The van der Waals surface area contributed by atoms with Crippen LogP contribution in [0.2, 0.25) is 12.6 Å². The highest BCUT2D eigenvalue weighted by Gasteiger charge is 2.18. The SMILES string of the molecule is CC(C)COB1CCCCC1. The van der Waals surface area contributed by atoms with Crippen molar-refractivity contribution in [2.45, 2.75) is 45.8 Å². The van der Waals surface area contributed by atoms with E-state index in [4.69, 9.17) is 4.65 Å². The minimum absolute atomic E-state index is 0.589. The first-order valence-electron chi connectivity index (χ1n) is 4.90. The van der Waals surface area contributed by atoms with E-state index >= 15 is 0 Å².